The molecule has 0 spiro atoms. The van der Waals surface area contributed by atoms with Gasteiger partial charge < -0.3 is 4.42 Å². The number of hydrogen-bond acceptors (Lipinski definition) is 1. The third-order valence-corrected chi connectivity index (χ3v) is 13.8. The van der Waals surface area contributed by atoms with Gasteiger partial charge in [0.2, 0.25) is 0 Å². The summed E-state index contributed by atoms with van der Waals surface area (Å²) >= 11 is 0. The summed E-state index contributed by atoms with van der Waals surface area (Å²) in [6, 6.07) is 62.8. The zero-order chi connectivity index (χ0) is 54.1. The number of benzene rings is 13. The van der Waals surface area contributed by atoms with Crippen LogP contribution in [0.2, 0.25) is 0 Å². The smallest absolute Gasteiger partial charge is 0.143 e. The Hall–Kier alpha value is -9.04. The molecule has 1 heterocycles. The van der Waals surface area contributed by atoms with Crippen LogP contribution in [0.4, 0.5) is 0 Å². The Morgan fingerprint density at radius 1 is 0.275 bits per heavy atom. The van der Waals surface area contributed by atoms with Gasteiger partial charge >= 0.3 is 0 Å². The first-order chi connectivity index (χ1) is 38.4. The Labute approximate surface area is 413 Å². The van der Waals surface area contributed by atoms with Crippen molar-refractivity contribution in [1.29, 1.82) is 0 Å². The molecular formula is C68H42O. The summed E-state index contributed by atoms with van der Waals surface area (Å²) in [5, 5.41) is 11.4. The fraction of sp³-hybridized carbons (Fsp3) is 0. The molecule has 14 aromatic rings. The van der Waals surface area contributed by atoms with Gasteiger partial charge in [-0.15, -0.1) is 0 Å². The molecule has 1 nitrogen and oxygen atoms in total. The van der Waals surface area contributed by atoms with Gasteiger partial charge in [0.15, 0.2) is 0 Å². The summed E-state index contributed by atoms with van der Waals surface area (Å²) in [6.45, 7) is 0. The first-order valence-corrected chi connectivity index (χ1v) is 23.0. The van der Waals surface area contributed by atoms with E-state index >= 15 is 0 Å². The average Bonchev–Trinajstić information content (AvgIpc) is 3.81. The molecule has 0 fully saturated rings. The van der Waals surface area contributed by atoms with E-state index in [2.05, 4.69) is 121 Å². The van der Waals surface area contributed by atoms with Crippen molar-refractivity contribution in [2.24, 2.45) is 0 Å². The lowest BCUT2D eigenvalue weighted by molar-refractivity contribution is 0.670. The quantitative estimate of drug-likeness (QED) is 0.120. The number of para-hydroxylation sites is 1. The largest absolute Gasteiger partial charge is 0.455 e. The van der Waals surface area contributed by atoms with Crippen LogP contribution in [-0.4, -0.2) is 0 Å². The Kier molecular flexibility index (Phi) is 6.94. The van der Waals surface area contributed by atoms with Crippen LogP contribution in [0, 0.1) is 0 Å². The van der Waals surface area contributed by atoms with Gasteiger partial charge in [-0.05, 0) is 139 Å². The molecule has 0 unspecified atom stereocenters. The molecule has 1 aromatic heterocycles. The van der Waals surface area contributed by atoms with Crippen LogP contribution >= 0.6 is 0 Å². The summed E-state index contributed by atoms with van der Waals surface area (Å²) < 4.78 is 92.8. The molecule has 14 rings (SSSR count). The molecule has 0 aliphatic heterocycles. The van der Waals surface area contributed by atoms with E-state index in [4.69, 9.17) is 18.1 Å². The first-order valence-electron chi connectivity index (χ1n) is 28.0. The molecule has 0 N–H and O–H groups in total. The van der Waals surface area contributed by atoms with E-state index in [9.17, 15) is 0 Å². The fourth-order valence-corrected chi connectivity index (χ4v) is 10.8. The molecule has 0 amide bonds. The van der Waals surface area contributed by atoms with Gasteiger partial charge in [-0.1, -0.05) is 230 Å². The number of fused-ring (bicyclic) bond motifs is 9. The van der Waals surface area contributed by atoms with Gasteiger partial charge in [-0.25, -0.2) is 0 Å². The van der Waals surface area contributed by atoms with Crippen LogP contribution in [0.1, 0.15) is 13.7 Å². The van der Waals surface area contributed by atoms with Crippen molar-refractivity contribution in [3.8, 4) is 66.8 Å². The highest BCUT2D eigenvalue weighted by atomic mass is 16.3. The molecule has 320 valence electrons. The lowest BCUT2D eigenvalue weighted by Crippen LogP contribution is -1.93. The molecule has 0 bridgehead atoms. The van der Waals surface area contributed by atoms with Gasteiger partial charge in [0.25, 0.3) is 0 Å². The summed E-state index contributed by atoms with van der Waals surface area (Å²) in [5.74, 6) is 0. The number of rotatable bonds is 6. The van der Waals surface area contributed by atoms with Crippen molar-refractivity contribution in [1.82, 2.24) is 0 Å². The van der Waals surface area contributed by atoms with Crippen molar-refractivity contribution in [3.05, 3.63) is 255 Å². The summed E-state index contributed by atoms with van der Waals surface area (Å²) in [4.78, 5) is 0. The van der Waals surface area contributed by atoms with Crippen molar-refractivity contribution < 1.29 is 18.1 Å². The highest BCUT2D eigenvalue weighted by Gasteiger charge is 2.21. The van der Waals surface area contributed by atoms with Crippen molar-refractivity contribution in [3.63, 3.8) is 0 Å². The van der Waals surface area contributed by atoms with Gasteiger partial charge in [0.1, 0.15) is 11.2 Å². The zero-order valence-electron chi connectivity index (χ0n) is 46.9. The molecule has 0 radical (unpaired) electrons. The van der Waals surface area contributed by atoms with Gasteiger partial charge in [0, 0.05) is 16.3 Å². The summed E-state index contributed by atoms with van der Waals surface area (Å²) in [5.41, 5.74) is 10.5. The Bertz CT molecular complexity index is 4850. The maximum Gasteiger partial charge on any atom is 0.143 e. The molecule has 69 heavy (non-hydrogen) atoms. The molecule has 0 atom stereocenters. The minimum atomic E-state index is -0.445. The normalized spacial score (nSPS) is 13.8. The van der Waals surface area contributed by atoms with Crippen LogP contribution in [-0.2, 0) is 0 Å². The van der Waals surface area contributed by atoms with Crippen molar-refractivity contribution in [2.75, 3.05) is 0 Å². The SMILES string of the molecule is [2H]c1c([2H])c([2H])c(-c2c3ccccc3c(-c3ccc(-c4cc5cc(-c6ccc7c(c6)oc6c(-c8c([2H])c([2H])c([2H])c([2H])c8[2H])cccc67)ccc5c5c(-c6ccccc6)cccc45)c4ccccc34)c3ccccc23)c([2H])c1[2H]. The van der Waals surface area contributed by atoms with E-state index in [1.807, 2.05) is 66.7 Å². The topological polar surface area (TPSA) is 13.1 Å². The van der Waals surface area contributed by atoms with E-state index in [1.165, 1.54) is 0 Å². The van der Waals surface area contributed by atoms with E-state index < -0.39 is 24.2 Å². The van der Waals surface area contributed by atoms with Crippen LogP contribution in [0.25, 0.3) is 143 Å². The van der Waals surface area contributed by atoms with Crippen LogP contribution in [0.3, 0.4) is 0 Å². The average molecular weight is 885 g/mol. The standard InChI is InChI=1S/C68H42O/c1-4-18-43(19-5-1)49-30-16-32-60-63(41-48-40-46(34-36-50(48)66(49)60)47-35-37-55-62-33-17-31-51(44-20-6-2-7-21-44)68(62)69-64(55)42-47)54-38-39-61(53-25-11-10-24-52(53)54)67-58-28-14-12-26-56(58)65(45-22-8-3-9-23-45)57-27-13-15-29-59(57)67/h1-42H/i2D,3D,6D,7D,8D,9D,20D,21D,22D,23D. The van der Waals surface area contributed by atoms with Gasteiger partial charge in [-0.2, -0.15) is 0 Å². The second-order valence-electron chi connectivity index (χ2n) is 17.5. The van der Waals surface area contributed by atoms with Crippen LogP contribution in [0.5, 0.6) is 0 Å². The number of furan rings is 1. The predicted molar refractivity (Wildman–Crippen MR) is 294 cm³/mol. The molecule has 0 saturated heterocycles. The Balaban J connectivity index is 0.980. The highest BCUT2D eigenvalue weighted by Crippen LogP contribution is 2.49. The molecule has 13 aromatic carbocycles. The highest BCUT2D eigenvalue weighted by molar-refractivity contribution is 6.26. The monoisotopic (exact) mass is 884 g/mol. The number of hydrogen-bond donors (Lipinski definition) is 0. The lowest BCUT2D eigenvalue weighted by atomic mass is 9.83. The molecular weight excluding hydrogens is 833 g/mol. The van der Waals surface area contributed by atoms with Crippen molar-refractivity contribution >= 4 is 75.8 Å². The minimum Gasteiger partial charge on any atom is -0.455 e. The first kappa shape index (κ1) is 30.3. The molecule has 0 aliphatic carbocycles. The summed E-state index contributed by atoms with van der Waals surface area (Å²) in [7, 11) is 0. The maximum atomic E-state index is 9.09. The second kappa shape index (κ2) is 15.8. The predicted octanol–water partition coefficient (Wildman–Crippen LogP) is 19.4. The molecule has 0 saturated carbocycles. The Morgan fingerprint density at radius 3 is 1.51 bits per heavy atom. The van der Waals surface area contributed by atoms with Crippen molar-refractivity contribution in [2.45, 2.75) is 0 Å². The molecule has 1 heteroatoms. The van der Waals surface area contributed by atoms with Gasteiger partial charge in [0.05, 0.1) is 13.7 Å². The third kappa shape index (κ3) is 6.25. The Morgan fingerprint density at radius 2 is 0.812 bits per heavy atom. The van der Waals surface area contributed by atoms with Crippen LogP contribution < -0.4 is 0 Å². The third-order valence-electron chi connectivity index (χ3n) is 13.8. The second-order valence-corrected chi connectivity index (χ2v) is 17.5. The summed E-state index contributed by atoms with van der Waals surface area (Å²) in [6.07, 6.45) is 0. The minimum absolute atomic E-state index is 0.0943. The van der Waals surface area contributed by atoms with E-state index in [-0.39, 0.29) is 47.4 Å². The molecule has 0 aliphatic rings. The fourth-order valence-electron chi connectivity index (χ4n) is 10.8. The lowest BCUT2D eigenvalue weighted by Gasteiger charge is -2.20. The van der Waals surface area contributed by atoms with Crippen LogP contribution in [0.15, 0.2) is 259 Å². The van der Waals surface area contributed by atoms with Gasteiger partial charge in [-0.3, -0.25) is 0 Å². The van der Waals surface area contributed by atoms with E-state index in [0.29, 0.717) is 22.3 Å². The zero-order valence-corrected chi connectivity index (χ0v) is 36.9. The van der Waals surface area contributed by atoms with E-state index in [1.54, 1.807) is 6.07 Å². The van der Waals surface area contributed by atoms with E-state index in [0.717, 1.165) is 109 Å². The maximum absolute atomic E-state index is 9.09.